The molecule has 2 N–H and O–H groups in total. The van der Waals surface area contributed by atoms with Crippen LogP contribution in [-0.2, 0) is 19.6 Å². The summed E-state index contributed by atoms with van der Waals surface area (Å²) in [6.07, 6.45) is 2.65. The fourth-order valence-corrected chi connectivity index (χ4v) is 3.89. The van der Waals surface area contributed by atoms with Crippen molar-refractivity contribution in [2.24, 2.45) is 4.99 Å². The van der Waals surface area contributed by atoms with E-state index in [2.05, 4.69) is 46.7 Å². The molecule has 1 fully saturated rings. The van der Waals surface area contributed by atoms with E-state index in [-0.39, 0.29) is 0 Å². The number of nitrogens with one attached hydrogen (secondary N) is 2. The summed E-state index contributed by atoms with van der Waals surface area (Å²) in [4.78, 5) is 7.25. The molecule has 0 aliphatic carbocycles. The molecule has 2 aromatic rings. The van der Waals surface area contributed by atoms with Gasteiger partial charge in [0.2, 0.25) is 5.75 Å². The van der Waals surface area contributed by atoms with Crippen molar-refractivity contribution < 1.29 is 14.2 Å². The number of ether oxygens (including phenoxy) is 3. The highest BCUT2D eigenvalue weighted by molar-refractivity contribution is 5.79. The molecule has 3 rings (SSSR count). The topological polar surface area (TPSA) is 67.4 Å². The molecule has 0 aromatic heterocycles. The number of methoxy groups -OCH3 is 3. The van der Waals surface area contributed by atoms with Crippen molar-refractivity contribution in [3.8, 4) is 17.2 Å². The third-order valence-corrected chi connectivity index (χ3v) is 5.58. The first-order chi connectivity index (χ1) is 15.7. The maximum Gasteiger partial charge on any atom is 0.203 e. The monoisotopic (exact) mass is 440 g/mol. The lowest BCUT2D eigenvalue weighted by atomic mass is 10.1. The van der Waals surface area contributed by atoms with E-state index in [0.717, 1.165) is 24.6 Å². The Bertz CT molecular complexity index is 852. The van der Waals surface area contributed by atoms with E-state index in [1.54, 1.807) is 21.3 Å². The second-order valence-electron chi connectivity index (χ2n) is 7.88. The summed E-state index contributed by atoms with van der Waals surface area (Å²) in [5.41, 5.74) is 3.58. The van der Waals surface area contributed by atoms with Crippen LogP contribution in [0.25, 0.3) is 0 Å². The van der Waals surface area contributed by atoms with Crippen molar-refractivity contribution >= 4 is 5.96 Å². The van der Waals surface area contributed by atoms with Crippen molar-refractivity contribution in [2.75, 3.05) is 41.0 Å². The molecule has 0 atom stereocenters. The molecule has 2 aromatic carbocycles. The van der Waals surface area contributed by atoms with Crippen LogP contribution in [0.15, 0.2) is 41.4 Å². The van der Waals surface area contributed by atoms with Gasteiger partial charge in [0.25, 0.3) is 0 Å². The molecule has 1 aliphatic heterocycles. The van der Waals surface area contributed by atoms with Crippen molar-refractivity contribution in [1.82, 2.24) is 15.5 Å². The highest BCUT2D eigenvalue weighted by Gasteiger charge is 2.13. The first kappa shape index (κ1) is 23.7. The van der Waals surface area contributed by atoms with Crippen LogP contribution >= 0.6 is 0 Å². The van der Waals surface area contributed by atoms with Crippen LogP contribution in [0.2, 0.25) is 0 Å². The van der Waals surface area contributed by atoms with E-state index in [4.69, 9.17) is 19.2 Å². The average Bonchev–Trinajstić information content (AvgIpc) is 3.34. The molecule has 0 unspecified atom stereocenters. The Labute approximate surface area is 191 Å². The predicted molar refractivity (Wildman–Crippen MR) is 129 cm³/mol. The minimum atomic E-state index is 0.487. The van der Waals surface area contributed by atoms with Crippen LogP contribution in [0, 0.1) is 0 Å². The molecule has 0 radical (unpaired) electrons. The Morgan fingerprint density at radius 1 is 0.875 bits per heavy atom. The standard InChI is InChI=1S/C25H36N4O3/c1-5-26-25(28-17-21-14-22(30-2)24(32-4)23(15-21)31-3)27-16-19-8-10-20(11-9-19)18-29-12-6-7-13-29/h8-11,14-15H,5-7,12-13,16-18H2,1-4H3,(H2,26,27,28). The van der Waals surface area contributed by atoms with Crippen molar-refractivity contribution in [2.45, 2.75) is 39.4 Å². The van der Waals surface area contributed by atoms with E-state index in [9.17, 15) is 0 Å². The van der Waals surface area contributed by atoms with E-state index in [0.29, 0.717) is 30.3 Å². The maximum absolute atomic E-state index is 5.44. The number of guanidine groups is 1. The zero-order valence-electron chi connectivity index (χ0n) is 19.7. The van der Waals surface area contributed by atoms with Crippen LogP contribution in [-0.4, -0.2) is 51.8 Å². The molecule has 174 valence electrons. The third-order valence-electron chi connectivity index (χ3n) is 5.58. The van der Waals surface area contributed by atoms with Gasteiger partial charge in [-0.3, -0.25) is 4.90 Å². The molecule has 1 heterocycles. The Morgan fingerprint density at radius 3 is 2.06 bits per heavy atom. The fourth-order valence-electron chi connectivity index (χ4n) is 3.89. The summed E-state index contributed by atoms with van der Waals surface area (Å²) >= 11 is 0. The lowest BCUT2D eigenvalue weighted by molar-refractivity contribution is 0.324. The quantitative estimate of drug-likeness (QED) is 0.435. The molecule has 0 spiro atoms. The fraction of sp³-hybridized carbons (Fsp3) is 0.480. The lowest BCUT2D eigenvalue weighted by Gasteiger charge is -2.15. The molecular weight excluding hydrogens is 404 g/mol. The van der Waals surface area contributed by atoms with Gasteiger partial charge >= 0.3 is 0 Å². The minimum Gasteiger partial charge on any atom is -0.493 e. The summed E-state index contributed by atoms with van der Waals surface area (Å²) in [5, 5.41) is 6.73. The zero-order valence-corrected chi connectivity index (χ0v) is 19.7. The first-order valence-electron chi connectivity index (χ1n) is 11.3. The van der Waals surface area contributed by atoms with Crippen LogP contribution in [0.1, 0.15) is 36.5 Å². The first-order valence-corrected chi connectivity index (χ1v) is 11.3. The number of nitrogens with zero attached hydrogens (tertiary/aromatic N) is 2. The average molecular weight is 441 g/mol. The van der Waals surface area contributed by atoms with Gasteiger partial charge in [-0.25, -0.2) is 4.99 Å². The second kappa shape index (κ2) is 12.2. The van der Waals surface area contributed by atoms with Crippen LogP contribution in [0.5, 0.6) is 17.2 Å². The SMILES string of the molecule is CCNC(=NCc1cc(OC)c(OC)c(OC)c1)NCc1ccc(CN2CCCC2)cc1. The van der Waals surface area contributed by atoms with Gasteiger partial charge in [-0.05, 0) is 61.7 Å². The van der Waals surface area contributed by atoms with Gasteiger partial charge < -0.3 is 24.8 Å². The number of benzene rings is 2. The van der Waals surface area contributed by atoms with Crippen molar-refractivity contribution in [3.63, 3.8) is 0 Å². The predicted octanol–water partition coefficient (Wildman–Crippen LogP) is 3.56. The zero-order chi connectivity index (χ0) is 22.8. The summed E-state index contributed by atoms with van der Waals surface area (Å²) in [7, 11) is 4.84. The second-order valence-corrected chi connectivity index (χ2v) is 7.88. The van der Waals surface area contributed by atoms with E-state index in [1.807, 2.05) is 12.1 Å². The van der Waals surface area contributed by atoms with Gasteiger partial charge in [0.05, 0.1) is 27.9 Å². The van der Waals surface area contributed by atoms with Crippen molar-refractivity contribution in [1.29, 1.82) is 0 Å². The summed E-state index contributed by atoms with van der Waals surface area (Å²) in [6, 6.07) is 12.7. The Hall–Kier alpha value is -2.93. The van der Waals surface area contributed by atoms with Gasteiger partial charge in [0.1, 0.15) is 0 Å². The smallest absolute Gasteiger partial charge is 0.203 e. The molecule has 1 saturated heterocycles. The summed E-state index contributed by atoms with van der Waals surface area (Å²) < 4.78 is 16.3. The Kier molecular flexibility index (Phi) is 9.04. The number of likely N-dealkylation sites (tertiary alicyclic amines) is 1. The largest absolute Gasteiger partial charge is 0.493 e. The molecule has 0 amide bonds. The molecule has 0 bridgehead atoms. The Balaban J connectivity index is 1.61. The highest BCUT2D eigenvalue weighted by Crippen LogP contribution is 2.38. The van der Waals surface area contributed by atoms with E-state index < -0.39 is 0 Å². The maximum atomic E-state index is 5.44. The van der Waals surface area contributed by atoms with E-state index in [1.165, 1.54) is 37.1 Å². The molecule has 7 heteroatoms. The number of rotatable bonds is 10. The van der Waals surface area contributed by atoms with Crippen LogP contribution < -0.4 is 24.8 Å². The molecule has 32 heavy (non-hydrogen) atoms. The van der Waals surface area contributed by atoms with Crippen LogP contribution in [0.3, 0.4) is 0 Å². The summed E-state index contributed by atoms with van der Waals surface area (Å²) in [6.45, 7) is 7.54. The normalized spacial score (nSPS) is 14.3. The molecule has 0 saturated carbocycles. The van der Waals surface area contributed by atoms with Gasteiger partial charge in [0, 0.05) is 19.6 Å². The number of aliphatic imine (C=N–C) groups is 1. The number of hydrogen-bond donors (Lipinski definition) is 2. The lowest BCUT2D eigenvalue weighted by Crippen LogP contribution is -2.36. The van der Waals surface area contributed by atoms with Crippen molar-refractivity contribution in [3.05, 3.63) is 53.1 Å². The molecular formula is C25H36N4O3. The van der Waals surface area contributed by atoms with Gasteiger partial charge in [-0.2, -0.15) is 0 Å². The Morgan fingerprint density at radius 2 is 1.50 bits per heavy atom. The third kappa shape index (κ3) is 6.53. The number of hydrogen-bond acceptors (Lipinski definition) is 5. The van der Waals surface area contributed by atoms with Gasteiger partial charge in [-0.15, -0.1) is 0 Å². The summed E-state index contributed by atoms with van der Waals surface area (Å²) in [5.74, 6) is 2.61. The molecule has 1 aliphatic rings. The van der Waals surface area contributed by atoms with Gasteiger partial charge in [-0.1, -0.05) is 24.3 Å². The minimum absolute atomic E-state index is 0.487. The van der Waals surface area contributed by atoms with Crippen LogP contribution in [0.4, 0.5) is 0 Å². The van der Waals surface area contributed by atoms with E-state index >= 15 is 0 Å². The highest BCUT2D eigenvalue weighted by atomic mass is 16.5. The molecule has 7 nitrogen and oxygen atoms in total. The van der Waals surface area contributed by atoms with Gasteiger partial charge in [0.15, 0.2) is 17.5 Å².